The molecule has 0 aliphatic carbocycles. The molecule has 2 aromatic rings. The highest BCUT2D eigenvalue weighted by Gasteiger charge is 2.05. The number of nitrogens with one attached hydrogen (secondary N) is 1. The second-order valence-corrected chi connectivity index (χ2v) is 4.53. The van der Waals surface area contributed by atoms with Crippen molar-refractivity contribution in [3.05, 3.63) is 36.0 Å². The predicted octanol–water partition coefficient (Wildman–Crippen LogP) is 2.77. The lowest BCUT2D eigenvalue weighted by molar-refractivity contribution is 0.590. The highest BCUT2D eigenvalue weighted by atomic mass is 14.9. The van der Waals surface area contributed by atoms with Crippen molar-refractivity contribution in [2.45, 2.75) is 33.0 Å². The average Bonchev–Trinajstić information content (AvgIpc) is 2.71. The molecule has 2 heteroatoms. The standard InChI is InChI=1S/C15H18N2/c1-4-9-17-10-8-14-13(11-16-12(2)3)6-5-7-15(14)17/h1,5-8,10,12,16H,9,11H2,2-3H3. The fourth-order valence-corrected chi connectivity index (χ4v) is 1.99. The number of rotatable bonds is 4. The first-order chi connectivity index (χ1) is 8.22. The van der Waals surface area contributed by atoms with E-state index in [-0.39, 0.29) is 0 Å². The van der Waals surface area contributed by atoms with Crippen molar-refractivity contribution >= 4 is 10.9 Å². The molecule has 0 unspecified atom stereocenters. The Kier molecular flexibility index (Phi) is 3.51. The van der Waals surface area contributed by atoms with Crippen LogP contribution in [-0.2, 0) is 13.1 Å². The molecule has 2 rings (SSSR count). The van der Waals surface area contributed by atoms with Crippen molar-refractivity contribution < 1.29 is 0 Å². The fraction of sp³-hybridized carbons (Fsp3) is 0.333. The maximum Gasteiger partial charge on any atom is 0.0834 e. The average molecular weight is 226 g/mol. The van der Waals surface area contributed by atoms with Crippen LogP contribution in [0.4, 0.5) is 0 Å². The van der Waals surface area contributed by atoms with Crippen LogP contribution in [0.15, 0.2) is 30.5 Å². The summed E-state index contributed by atoms with van der Waals surface area (Å²) >= 11 is 0. The molecule has 0 atom stereocenters. The number of benzene rings is 1. The van der Waals surface area contributed by atoms with E-state index in [1.807, 2.05) is 0 Å². The van der Waals surface area contributed by atoms with Crippen molar-refractivity contribution in [2.75, 3.05) is 0 Å². The van der Waals surface area contributed by atoms with Gasteiger partial charge in [0, 0.05) is 29.7 Å². The van der Waals surface area contributed by atoms with Gasteiger partial charge in [-0.1, -0.05) is 31.9 Å². The van der Waals surface area contributed by atoms with Crippen molar-refractivity contribution in [2.24, 2.45) is 0 Å². The van der Waals surface area contributed by atoms with Crippen LogP contribution >= 0.6 is 0 Å². The summed E-state index contributed by atoms with van der Waals surface area (Å²) in [7, 11) is 0. The van der Waals surface area contributed by atoms with Gasteiger partial charge in [-0.3, -0.25) is 0 Å². The third kappa shape index (κ3) is 2.51. The Hall–Kier alpha value is -1.72. The van der Waals surface area contributed by atoms with E-state index >= 15 is 0 Å². The molecule has 1 aromatic carbocycles. The molecule has 1 aromatic heterocycles. The van der Waals surface area contributed by atoms with Gasteiger partial charge in [-0.25, -0.2) is 0 Å². The van der Waals surface area contributed by atoms with E-state index in [1.165, 1.54) is 16.5 Å². The van der Waals surface area contributed by atoms with Crippen molar-refractivity contribution in [3.63, 3.8) is 0 Å². The Labute approximate surface area is 103 Å². The van der Waals surface area contributed by atoms with Crippen molar-refractivity contribution in [1.29, 1.82) is 0 Å². The Balaban J connectivity index is 2.35. The molecule has 88 valence electrons. The summed E-state index contributed by atoms with van der Waals surface area (Å²) in [5, 5.41) is 4.73. The third-order valence-electron chi connectivity index (χ3n) is 2.87. The number of fused-ring (bicyclic) bond motifs is 1. The maximum atomic E-state index is 5.36. The molecule has 1 heterocycles. The lowest BCUT2D eigenvalue weighted by Crippen LogP contribution is -2.21. The normalized spacial score (nSPS) is 10.9. The maximum absolute atomic E-state index is 5.36. The van der Waals surface area contributed by atoms with Gasteiger partial charge in [-0.2, -0.15) is 0 Å². The van der Waals surface area contributed by atoms with E-state index in [2.05, 4.69) is 60.1 Å². The monoisotopic (exact) mass is 226 g/mol. The largest absolute Gasteiger partial charge is 0.336 e. The lowest BCUT2D eigenvalue weighted by atomic mass is 10.1. The van der Waals surface area contributed by atoms with Gasteiger partial charge in [-0.05, 0) is 17.7 Å². The summed E-state index contributed by atoms with van der Waals surface area (Å²) in [6.07, 6.45) is 7.42. The van der Waals surface area contributed by atoms with Crippen molar-refractivity contribution in [1.82, 2.24) is 9.88 Å². The molecule has 0 aliphatic heterocycles. The zero-order valence-electron chi connectivity index (χ0n) is 10.4. The summed E-state index contributed by atoms with van der Waals surface area (Å²) in [5.74, 6) is 2.68. The summed E-state index contributed by atoms with van der Waals surface area (Å²) in [6, 6.07) is 9.01. The second kappa shape index (κ2) is 5.07. The minimum Gasteiger partial charge on any atom is -0.336 e. The zero-order valence-corrected chi connectivity index (χ0v) is 10.4. The van der Waals surface area contributed by atoms with E-state index in [0.717, 1.165) is 6.54 Å². The van der Waals surface area contributed by atoms with E-state index in [0.29, 0.717) is 12.6 Å². The lowest BCUT2D eigenvalue weighted by Gasteiger charge is -2.09. The van der Waals surface area contributed by atoms with Gasteiger partial charge >= 0.3 is 0 Å². The molecule has 17 heavy (non-hydrogen) atoms. The molecule has 0 fully saturated rings. The van der Waals surface area contributed by atoms with Gasteiger partial charge in [0.1, 0.15) is 0 Å². The highest BCUT2D eigenvalue weighted by molar-refractivity contribution is 5.83. The second-order valence-electron chi connectivity index (χ2n) is 4.53. The number of hydrogen-bond acceptors (Lipinski definition) is 1. The topological polar surface area (TPSA) is 17.0 Å². The van der Waals surface area contributed by atoms with Crippen LogP contribution in [0.25, 0.3) is 10.9 Å². The SMILES string of the molecule is C#CCn1ccc2c(CNC(C)C)cccc21. The first-order valence-electron chi connectivity index (χ1n) is 5.96. The van der Waals surface area contributed by atoms with Gasteiger partial charge < -0.3 is 9.88 Å². The molecule has 0 aliphatic rings. The van der Waals surface area contributed by atoms with Crippen LogP contribution in [0, 0.1) is 12.3 Å². The number of terminal acetylenes is 1. The molecular weight excluding hydrogens is 208 g/mol. The van der Waals surface area contributed by atoms with E-state index in [1.54, 1.807) is 0 Å². The Morgan fingerprint density at radius 3 is 2.88 bits per heavy atom. The van der Waals surface area contributed by atoms with Crippen LogP contribution in [0.2, 0.25) is 0 Å². The third-order valence-corrected chi connectivity index (χ3v) is 2.87. The van der Waals surface area contributed by atoms with Gasteiger partial charge in [-0.15, -0.1) is 6.42 Å². The van der Waals surface area contributed by atoms with Crippen LogP contribution in [0.5, 0.6) is 0 Å². The Bertz CT molecular complexity index is 544. The quantitative estimate of drug-likeness (QED) is 0.793. The molecule has 0 bridgehead atoms. The van der Waals surface area contributed by atoms with Crippen LogP contribution < -0.4 is 5.32 Å². The van der Waals surface area contributed by atoms with E-state index < -0.39 is 0 Å². The molecular formula is C15H18N2. The minimum absolute atomic E-state index is 0.498. The minimum atomic E-state index is 0.498. The van der Waals surface area contributed by atoms with Crippen molar-refractivity contribution in [3.8, 4) is 12.3 Å². The number of nitrogens with zero attached hydrogens (tertiary/aromatic N) is 1. The van der Waals surface area contributed by atoms with Gasteiger partial charge in [0.2, 0.25) is 0 Å². The molecule has 0 saturated carbocycles. The molecule has 1 N–H and O–H groups in total. The van der Waals surface area contributed by atoms with Crippen LogP contribution in [0.3, 0.4) is 0 Å². The van der Waals surface area contributed by atoms with E-state index in [9.17, 15) is 0 Å². The highest BCUT2D eigenvalue weighted by Crippen LogP contribution is 2.20. The van der Waals surface area contributed by atoms with Gasteiger partial charge in [0.05, 0.1) is 6.54 Å². The zero-order chi connectivity index (χ0) is 12.3. The van der Waals surface area contributed by atoms with E-state index in [4.69, 9.17) is 6.42 Å². The molecule has 0 saturated heterocycles. The van der Waals surface area contributed by atoms with Crippen LogP contribution in [-0.4, -0.2) is 10.6 Å². The molecule has 2 nitrogen and oxygen atoms in total. The van der Waals surface area contributed by atoms with Gasteiger partial charge in [0.15, 0.2) is 0 Å². The number of aromatic nitrogens is 1. The molecule has 0 spiro atoms. The molecule has 0 radical (unpaired) electrons. The predicted molar refractivity (Wildman–Crippen MR) is 72.7 cm³/mol. The Morgan fingerprint density at radius 2 is 2.18 bits per heavy atom. The van der Waals surface area contributed by atoms with Crippen LogP contribution in [0.1, 0.15) is 19.4 Å². The summed E-state index contributed by atoms with van der Waals surface area (Å²) < 4.78 is 2.11. The number of hydrogen-bond donors (Lipinski definition) is 1. The summed E-state index contributed by atoms with van der Waals surface area (Å²) in [4.78, 5) is 0. The summed E-state index contributed by atoms with van der Waals surface area (Å²) in [6.45, 7) is 5.84. The summed E-state index contributed by atoms with van der Waals surface area (Å²) in [5.41, 5.74) is 2.54. The fourth-order valence-electron chi connectivity index (χ4n) is 1.99. The Morgan fingerprint density at radius 1 is 1.35 bits per heavy atom. The van der Waals surface area contributed by atoms with Gasteiger partial charge in [0.25, 0.3) is 0 Å². The smallest absolute Gasteiger partial charge is 0.0834 e. The first kappa shape index (κ1) is 11.8. The molecule has 0 amide bonds. The first-order valence-corrected chi connectivity index (χ1v) is 5.96.